The van der Waals surface area contributed by atoms with Gasteiger partial charge in [-0.15, -0.1) is 0 Å². The molecule has 31 heavy (non-hydrogen) atoms. The minimum atomic E-state index is -3.68. The van der Waals surface area contributed by atoms with E-state index in [-0.39, 0.29) is 30.4 Å². The highest BCUT2D eigenvalue weighted by atomic mass is 32.2. The van der Waals surface area contributed by atoms with Gasteiger partial charge in [0.15, 0.2) is 0 Å². The molecule has 0 aliphatic carbocycles. The van der Waals surface area contributed by atoms with Crippen molar-refractivity contribution in [2.75, 3.05) is 19.7 Å². The van der Waals surface area contributed by atoms with Crippen molar-refractivity contribution in [2.24, 2.45) is 5.41 Å². The molecule has 2 saturated heterocycles. The Morgan fingerprint density at radius 1 is 1.19 bits per heavy atom. The molecule has 2 amide bonds. The number of carbonyl (C=O) groups is 2. The van der Waals surface area contributed by atoms with Gasteiger partial charge in [-0.05, 0) is 52.0 Å². The van der Waals surface area contributed by atoms with Crippen LogP contribution in [0.15, 0.2) is 30.3 Å². The van der Waals surface area contributed by atoms with Gasteiger partial charge in [-0.2, -0.15) is 8.42 Å². The smallest absolute Gasteiger partial charge is 0.410 e. The Morgan fingerprint density at radius 3 is 2.45 bits per heavy atom. The SMILES string of the molecule is CC(C)(C)OC(=O)N1CCC2(CC1)C[C@H](CCOS(=O)(=O)Cc1ccccc1)NC2=O. The second-order valence-electron chi connectivity index (χ2n) is 9.42. The second kappa shape index (κ2) is 9.16. The third-order valence-electron chi connectivity index (χ3n) is 5.74. The summed E-state index contributed by atoms with van der Waals surface area (Å²) in [6.45, 7) is 6.45. The van der Waals surface area contributed by atoms with Crippen LogP contribution < -0.4 is 5.32 Å². The summed E-state index contributed by atoms with van der Waals surface area (Å²) in [5.41, 5.74) is -0.387. The highest BCUT2D eigenvalue weighted by molar-refractivity contribution is 7.85. The van der Waals surface area contributed by atoms with Crippen molar-refractivity contribution >= 4 is 22.1 Å². The highest BCUT2D eigenvalue weighted by Gasteiger charge is 2.48. The number of piperidine rings is 1. The van der Waals surface area contributed by atoms with Crippen LogP contribution >= 0.6 is 0 Å². The summed E-state index contributed by atoms with van der Waals surface area (Å²) in [4.78, 5) is 26.6. The van der Waals surface area contributed by atoms with E-state index in [1.165, 1.54) is 0 Å². The minimum Gasteiger partial charge on any atom is -0.444 e. The van der Waals surface area contributed by atoms with Crippen LogP contribution in [0.3, 0.4) is 0 Å². The number of carbonyl (C=O) groups excluding carboxylic acids is 2. The molecule has 8 nitrogen and oxygen atoms in total. The number of hydrogen-bond donors (Lipinski definition) is 1. The molecule has 9 heteroatoms. The molecule has 2 aliphatic rings. The van der Waals surface area contributed by atoms with Crippen LogP contribution in [0.4, 0.5) is 4.79 Å². The van der Waals surface area contributed by atoms with Crippen molar-refractivity contribution in [1.29, 1.82) is 0 Å². The zero-order valence-electron chi connectivity index (χ0n) is 18.4. The van der Waals surface area contributed by atoms with Gasteiger partial charge in [-0.3, -0.25) is 8.98 Å². The van der Waals surface area contributed by atoms with Crippen LogP contribution in [0.2, 0.25) is 0 Å². The van der Waals surface area contributed by atoms with Gasteiger partial charge in [-0.25, -0.2) is 4.79 Å². The number of nitrogens with one attached hydrogen (secondary N) is 1. The summed E-state index contributed by atoms with van der Waals surface area (Å²) in [6, 6.07) is 8.75. The first-order chi connectivity index (χ1) is 14.5. The topological polar surface area (TPSA) is 102 Å². The maximum absolute atomic E-state index is 12.7. The van der Waals surface area contributed by atoms with Crippen molar-refractivity contribution in [3.63, 3.8) is 0 Å². The van der Waals surface area contributed by atoms with E-state index in [4.69, 9.17) is 8.92 Å². The average molecular weight is 453 g/mol. The molecule has 0 bridgehead atoms. The molecule has 1 aromatic carbocycles. The number of benzene rings is 1. The second-order valence-corrected chi connectivity index (χ2v) is 11.1. The molecule has 1 atom stereocenters. The number of ether oxygens (including phenoxy) is 1. The predicted octanol–water partition coefficient (Wildman–Crippen LogP) is 2.83. The summed E-state index contributed by atoms with van der Waals surface area (Å²) in [7, 11) is -3.68. The highest BCUT2D eigenvalue weighted by Crippen LogP contribution is 2.41. The summed E-state index contributed by atoms with van der Waals surface area (Å²) in [5, 5.41) is 2.98. The van der Waals surface area contributed by atoms with Crippen molar-refractivity contribution in [1.82, 2.24) is 10.2 Å². The zero-order chi connectivity index (χ0) is 22.7. The van der Waals surface area contributed by atoms with Crippen molar-refractivity contribution in [3.05, 3.63) is 35.9 Å². The fourth-order valence-electron chi connectivity index (χ4n) is 4.14. The Balaban J connectivity index is 1.46. The Hall–Kier alpha value is -2.13. The number of amides is 2. The number of rotatable bonds is 6. The van der Waals surface area contributed by atoms with E-state index in [9.17, 15) is 18.0 Å². The van der Waals surface area contributed by atoms with Gasteiger partial charge in [0.2, 0.25) is 5.91 Å². The van der Waals surface area contributed by atoms with Gasteiger partial charge >= 0.3 is 6.09 Å². The average Bonchev–Trinajstić information content (AvgIpc) is 2.96. The molecule has 1 N–H and O–H groups in total. The molecule has 2 fully saturated rings. The molecule has 2 aliphatic heterocycles. The predicted molar refractivity (Wildman–Crippen MR) is 116 cm³/mol. The first-order valence-corrected chi connectivity index (χ1v) is 12.3. The van der Waals surface area contributed by atoms with E-state index < -0.39 is 21.1 Å². The first-order valence-electron chi connectivity index (χ1n) is 10.7. The number of hydrogen-bond acceptors (Lipinski definition) is 6. The maximum Gasteiger partial charge on any atom is 0.410 e. The lowest BCUT2D eigenvalue weighted by atomic mass is 9.76. The van der Waals surface area contributed by atoms with Gasteiger partial charge in [0.05, 0.1) is 12.0 Å². The normalized spacial score (nSPS) is 21.2. The summed E-state index contributed by atoms with van der Waals surface area (Å²) < 4.78 is 34.9. The Morgan fingerprint density at radius 2 is 1.84 bits per heavy atom. The monoisotopic (exact) mass is 452 g/mol. The molecule has 0 saturated carbocycles. The van der Waals surface area contributed by atoms with Gasteiger partial charge in [-0.1, -0.05) is 30.3 Å². The molecule has 0 unspecified atom stereocenters. The third kappa shape index (κ3) is 6.43. The summed E-state index contributed by atoms with van der Waals surface area (Å²) >= 11 is 0. The van der Waals surface area contributed by atoms with Crippen molar-refractivity contribution in [2.45, 2.75) is 63.9 Å². The van der Waals surface area contributed by atoms with E-state index in [0.29, 0.717) is 44.3 Å². The Kier molecular flexibility index (Phi) is 6.95. The van der Waals surface area contributed by atoms with Crippen LogP contribution in [-0.4, -0.2) is 56.7 Å². The zero-order valence-corrected chi connectivity index (χ0v) is 19.2. The van der Waals surface area contributed by atoms with E-state index >= 15 is 0 Å². The number of likely N-dealkylation sites (tertiary alicyclic amines) is 1. The van der Waals surface area contributed by atoms with Crippen LogP contribution in [0, 0.1) is 5.41 Å². The van der Waals surface area contributed by atoms with Crippen molar-refractivity contribution in [3.8, 4) is 0 Å². The first kappa shape index (κ1) is 23.5. The fraction of sp³-hybridized carbons (Fsp3) is 0.636. The summed E-state index contributed by atoms with van der Waals surface area (Å²) in [6.07, 6.45) is 1.84. The lowest BCUT2D eigenvalue weighted by Gasteiger charge is -2.38. The molecular formula is C22H32N2O6S. The van der Waals surface area contributed by atoms with E-state index in [2.05, 4.69) is 5.32 Å². The number of nitrogens with zero attached hydrogens (tertiary/aromatic N) is 1. The molecule has 1 spiro atoms. The Bertz CT molecular complexity index is 886. The van der Waals surface area contributed by atoms with E-state index in [0.717, 1.165) is 0 Å². The lowest BCUT2D eigenvalue weighted by molar-refractivity contribution is -0.130. The van der Waals surface area contributed by atoms with Crippen LogP contribution in [-0.2, 0) is 29.6 Å². The third-order valence-corrected chi connectivity index (χ3v) is 6.95. The molecule has 3 rings (SSSR count). The minimum absolute atomic E-state index is 0.0199. The molecule has 2 heterocycles. The maximum atomic E-state index is 12.7. The Labute approximate surface area is 184 Å². The van der Waals surface area contributed by atoms with E-state index in [1.807, 2.05) is 26.8 Å². The van der Waals surface area contributed by atoms with Crippen LogP contribution in [0.5, 0.6) is 0 Å². The van der Waals surface area contributed by atoms with Gasteiger partial charge < -0.3 is 15.0 Å². The van der Waals surface area contributed by atoms with Crippen molar-refractivity contribution < 1.29 is 26.9 Å². The largest absolute Gasteiger partial charge is 0.444 e. The van der Waals surface area contributed by atoms with Crippen LogP contribution in [0.25, 0.3) is 0 Å². The van der Waals surface area contributed by atoms with Gasteiger partial charge in [0.1, 0.15) is 11.4 Å². The lowest BCUT2D eigenvalue weighted by Crippen LogP contribution is -2.47. The molecular weight excluding hydrogens is 420 g/mol. The standard InChI is InChI=1S/C22H32N2O6S/c1-21(2,3)30-20(26)24-12-10-22(11-13-24)15-18(23-19(22)25)9-14-29-31(27,28)16-17-7-5-4-6-8-17/h4-8,18H,9-16H2,1-3H3,(H,23,25)/t18-/m0/s1. The molecule has 0 radical (unpaired) electrons. The molecule has 1 aromatic rings. The van der Waals surface area contributed by atoms with Crippen LogP contribution in [0.1, 0.15) is 52.0 Å². The molecule has 172 valence electrons. The fourth-order valence-corrected chi connectivity index (χ4v) is 5.17. The molecule has 0 aromatic heterocycles. The quantitative estimate of drug-likeness (QED) is 0.666. The van der Waals surface area contributed by atoms with E-state index in [1.54, 1.807) is 29.2 Å². The van der Waals surface area contributed by atoms with Gasteiger partial charge in [0, 0.05) is 19.1 Å². The summed E-state index contributed by atoms with van der Waals surface area (Å²) in [5.74, 6) is -0.191. The van der Waals surface area contributed by atoms with Gasteiger partial charge in [0.25, 0.3) is 10.1 Å².